The van der Waals surface area contributed by atoms with E-state index in [2.05, 4.69) is 17.4 Å². The third kappa shape index (κ3) is 1.88. The molecule has 3 heteroatoms. The first-order valence-corrected chi connectivity index (χ1v) is 6.66. The number of carbonyl (C=O) groups excluding carboxylic acids is 1. The molecule has 0 spiro atoms. The molecule has 0 radical (unpaired) electrons. The third-order valence-corrected chi connectivity index (χ3v) is 3.90. The minimum atomic E-state index is -0.473. The lowest BCUT2D eigenvalue weighted by molar-refractivity contribution is -0.124. The van der Waals surface area contributed by atoms with Crippen molar-refractivity contribution in [1.82, 2.24) is 0 Å². The van der Waals surface area contributed by atoms with Crippen molar-refractivity contribution in [1.29, 1.82) is 0 Å². The summed E-state index contributed by atoms with van der Waals surface area (Å²) < 4.78 is 5.82. The molecule has 1 aliphatic carbocycles. The lowest BCUT2D eigenvalue weighted by atomic mass is 9.91. The van der Waals surface area contributed by atoms with Gasteiger partial charge in [0.25, 0.3) is 0 Å². The lowest BCUT2D eigenvalue weighted by Crippen LogP contribution is -2.33. The number of rotatable bonds is 0. The Morgan fingerprint density at radius 2 is 1.83 bits per heavy atom. The summed E-state index contributed by atoms with van der Waals surface area (Å²) in [5, 5.41) is 3.00. The van der Waals surface area contributed by atoms with Crippen molar-refractivity contribution >= 4 is 11.6 Å². The monoisotopic (exact) mass is 245 g/mol. The highest BCUT2D eigenvalue weighted by atomic mass is 16.5. The van der Waals surface area contributed by atoms with E-state index in [9.17, 15) is 4.79 Å². The maximum Gasteiger partial charge on any atom is 0.233 e. The van der Waals surface area contributed by atoms with Gasteiger partial charge in [0.1, 0.15) is 12.4 Å². The van der Waals surface area contributed by atoms with Crippen molar-refractivity contribution in [3.05, 3.63) is 23.3 Å². The Morgan fingerprint density at radius 1 is 1.17 bits per heavy atom. The fourth-order valence-corrected chi connectivity index (χ4v) is 2.60. The van der Waals surface area contributed by atoms with Crippen LogP contribution >= 0.6 is 0 Å². The molecular formula is C15H19NO2. The quantitative estimate of drug-likeness (QED) is 0.763. The summed E-state index contributed by atoms with van der Waals surface area (Å²) in [5.74, 6) is 0.867. The Labute approximate surface area is 108 Å². The van der Waals surface area contributed by atoms with Gasteiger partial charge < -0.3 is 10.1 Å². The average Bonchev–Trinajstić information content (AvgIpc) is 2.45. The number of carbonyl (C=O) groups is 1. The number of anilines is 1. The van der Waals surface area contributed by atoms with Crippen molar-refractivity contribution in [2.75, 3.05) is 11.9 Å². The number of hydrogen-bond donors (Lipinski definition) is 1. The number of fused-ring (bicyclic) bond motifs is 2. The molecule has 3 nitrogen and oxygen atoms in total. The molecule has 3 rings (SSSR count). The van der Waals surface area contributed by atoms with Crippen LogP contribution in [-0.4, -0.2) is 12.5 Å². The molecule has 2 aliphatic rings. The lowest BCUT2D eigenvalue weighted by Gasteiger charge is -2.18. The molecule has 18 heavy (non-hydrogen) atoms. The van der Waals surface area contributed by atoms with Crippen molar-refractivity contribution in [2.45, 2.75) is 39.5 Å². The first kappa shape index (κ1) is 11.6. The molecule has 0 saturated carbocycles. The fourth-order valence-electron chi connectivity index (χ4n) is 2.60. The van der Waals surface area contributed by atoms with E-state index < -0.39 is 5.41 Å². The summed E-state index contributed by atoms with van der Waals surface area (Å²) in [4.78, 5) is 12.1. The summed E-state index contributed by atoms with van der Waals surface area (Å²) in [6, 6.07) is 4.22. The standard InChI is InChI=1S/C15H19NO2/c1-15(2)9-18-13-8-11-6-4-3-5-10(11)7-12(13)16-14(15)17/h7-8H,3-6,9H2,1-2H3,(H,16,17). The Hall–Kier alpha value is -1.51. The Morgan fingerprint density at radius 3 is 2.56 bits per heavy atom. The highest BCUT2D eigenvalue weighted by molar-refractivity contribution is 5.97. The molecule has 1 heterocycles. The minimum absolute atomic E-state index is 0.0389. The number of ether oxygens (including phenoxy) is 1. The third-order valence-electron chi connectivity index (χ3n) is 3.90. The number of nitrogens with one attached hydrogen (secondary N) is 1. The summed E-state index contributed by atoms with van der Waals surface area (Å²) in [5.41, 5.74) is 3.11. The van der Waals surface area contributed by atoms with Gasteiger partial charge in [-0.3, -0.25) is 4.79 Å². The average molecular weight is 245 g/mol. The molecule has 96 valence electrons. The minimum Gasteiger partial charge on any atom is -0.490 e. The second-order valence-electron chi connectivity index (χ2n) is 5.95. The van der Waals surface area contributed by atoms with Gasteiger partial charge >= 0.3 is 0 Å². The van der Waals surface area contributed by atoms with E-state index in [-0.39, 0.29) is 5.91 Å². The molecule has 0 bridgehead atoms. The Kier molecular flexibility index (Phi) is 2.58. The predicted molar refractivity (Wildman–Crippen MR) is 71.0 cm³/mol. The van der Waals surface area contributed by atoms with Crippen LogP contribution in [-0.2, 0) is 17.6 Å². The molecule has 0 atom stereocenters. The summed E-state index contributed by atoms with van der Waals surface area (Å²) in [6.45, 7) is 4.26. The molecular weight excluding hydrogens is 226 g/mol. The van der Waals surface area contributed by atoms with Crippen LogP contribution < -0.4 is 10.1 Å². The van der Waals surface area contributed by atoms with Crippen LogP contribution in [0.3, 0.4) is 0 Å². The van der Waals surface area contributed by atoms with Crippen molar-refractivity contribution < 1.29 is 9.53 Å². The highest BCUT2D eigenvalue weighted by Gasteiger charge is 2.32. The summed E-state index contributed by atoms with van der Waals surface area (Å²) in [6.07, 6.45) is 4.74. The smallest absolute Gasteiger partial charge is 0.233 e. The van der Waals surface area contributed by atoms with Gasteiger partial charge in [0, 0.05) is 0 Å². The molecule has 0 aromatic heterocycles. The van der Waals surface area contributed by atoms with Crippen molar-refractivity contribution in [2.24, 2.45) is 5.41 Å². The van der Waals surface area contributed by atoms with Gasteiger partial charge in [-0.25, -0.2) is 0 Å². The van der Waals surface area contributed by atoms with Crippen LogP contribution in [0.15, 0.2) is 12.1 Å². The molecule has 0 unspecified atom stereocenters. The van der Waals surface area contributed by atoms with E-state index in [0.29, 0.717) is 6.61 Å². The van der Waals surface area contributed by atoms with Gasteiger partial charge in [0.05, 0.1) is 11.1 Å². The normalized spacial score (nSPS) is 21.1. The van der Waals surface area contributed by atoms with Gasteiger partial charge in [0.15, 0.2) is 0 Å². The van der Waals surface area contributed by atoms with Crippen LogP contribution in [0.2, 0.25) is 0 Å². The van der Waals surface area contributed by atoms with Gasteiger partial charge in [-0.05, 0) is 62.8 Å². The number of benzene rings is 1. The molecule has 0 saturated heterocycles. The first-order chi connectivity index (χ1) is 8.56. The highest BCUT2D eigenvalue weighted by Crippen LogP contribution is 2.36. The van der Waals surface area contributed by atoms with E-state index in [1.165, 1.54) is 24.0 Å². The summed E-state index contributed by atoms with van der Waals surface area (Å²) >= 11 is 0. The second-order valence-corrected chi connectivity index (χ2v) is 5.95. The van der Waals surface area contributed by atoms with Crippen molar-refractivity contribution in [3.63, 3.8) is 0 Å². The summed E-state index contributed by atoms with van der Waals surface area (Å²) in [7, 11) is 0. The van der Waals surface area contributed by atoms with Crippen LogP contribution in [0.4, 0.5) is 5.69 Å². The number of hydrogen-bond acceptors (Lipinski definition) is 2. The Bertz CT molecular complexity index is 505. The van der Waals surface area contributed by atoms with Gasteiger partial charge in [0.2, 0.25) is 5.91 Å². The molecule has 1 N–H and O–H groups in total. The van der Waals surface area contributed by atoms with E-state index in [1.54, 1.807) is 0 Å². The topological polar surface area (TPSA) is 38.3 Å². The van der Waals surface area contributed by atoms with Crippen LogP contribution in [0.1, 0.15) is 37.8 Å². The molecule has 1 aliphatic heterocycles. The molecule has 1 aromatic rings. The van der Waals surface area contributed by atoms with E-state index in [1.807, 2.05) is 13.8 Å². The maximum atomic E-state index is 12.1. The van der Waals surface area contributed by atoms with Gasteiger partial charge in [-0.1, -0.05) is 0 Å². The SMILES string of the molecule is CC1(C)COc2cc3c(cc2NC1=O)CCCC3. The number of aryl methyl sites for hydroxylation is 2. The Balaban J connectivity index is 2.02. The zero-order chi connectivity index (χ0) is 12.8. The van der Waals surface area contributed by atoms with E-state index in [4.69, 9.17) is 4.74 Å². The molecule has 1 amide bonds. The molecule has 0 fully saturated rings. The van der Waals surface area contributed by atoms with Gasteiger partial charge in [-0.15, -0.1) is 0 Å². The fraction of sp³-hybridized carbons (Fsp3) is 0.533. The zero-order valence-electron chi connectivity index (χ0n) is 11.0. The largest absolute Gasteiger partial charge is 0.490 e. The van der Waals surface area contributed by atoms with Crippen molar-refractivity contribution in [3.8, 4) is 5.75 Å². The van der Waals surface area contributed by atoms with E-state index >= 15 is 0 Å². The predicted octanol–water partition coefficient (Wildman–Crippen LogP) is 2.92. The second kappa shape index (κ2) is 4.01. The molecule has 1 aromatic carbocycles. The maximum absolute atomic E-state index is 12.1. The number of amides is 1. The zero-order valence-corrected chi connectivity index (χ0v) is 11.0. The first-order valence-electron chi connectivity index (χ1n) is 6.66. The van der Waals surface area contributed by atoms with Crippen LogP contribution in [0, 0.1) is 5.41 Å². The van der Waals surface area contributed by atoms with Crippen LogP contribution in [0.5, 0.6) is 5.75 Å². The van der Waals surface area contributed by atoms with Crippen LogP contribution in [0.25, 0.3) is 0 Å². The van der Waals surface area contributed by atoms with E-state index in [0.717, 1.165) is 24.3 Å². The van der Waals surface area contributed by atoms with Gasteiger partial charge in [-0.2, -0.15) is 0 Å².